The van der Waals surface area contributed by atoms with Gasteiger partial charge in [-0.2, -0.15) is 0 Å². The second-order valence-corrected chi connectivity index (χ2v) is 4.74. The minimum absolute atomic E-state index is 0.0288. The van der Waals surface area contributed by atoms with E-state index in [9.17, 15) is 13.2 Å². The Hall–Kier alpha value is -0.900. The molecule has 17 heavy (non-hydrogen) atoms. The minimum atomic E-state index is -4.64. The second kappa shape index (κ2) is 5.63. The van der Waals surface area contributed by atoms with E-state index >= 15 is 0 Å². The summed E-state index contributed by atoms with van der Waals surface area (Å²) < 4.78 is 39.5. The Morgan fingerprint density at radius 2 is 1.71 bits per heavy atom. The molecule has 2 unspecified atom stereocenters. The Kier molecular flexibility index (Phi) is 4.69. The molecule has 1 aromatic carbocycles. The molecule has 1 nitrogen and oxygen atoms in total. The fourth-order valence-corrected chi connectivity index (χ4v) is 1.45. The summed E-state index contributed by atoms with van der Waals surface area (Å²) in [5.74, 6) is 0.0684. The molecule has 0 saturated heterocycles. The highest BCUT2D eigenvalue weighted by molar-refractivity contribution is 6.20. The van der Waals surface area contributed by atoms with E-state index < -0.39 is 6.36 Å². The van der Waals surface area contributed by atoms with Crippen LogP contribution in [0.1, 0.15) is 19.4 Å². The van der Waals surface area contributed by atoms with E-state index in [4.69, 9.17) is 11.6 Å². The number of halogens is 4. The molecule has 0 aliphatic carbocycles. The zero-order valence-corrected chi connectivity index (χ0v) is 10.3. The van der Waals surface area contributed by atoms with E-state index in [0.717, 1.165) is 12.0 Å². The maximum absolute atomic E-state index is 11.9. The highest BCUT2D eigenvalue weighted by atomic mass is 35.5. The summed E-state index contributed by atoms with van der Waals surface area (Å²) in [6.45, 7) is 3.89. The molecule has 0 radical (unpaired) electrons. The maximum atomic E-state index is 11.9. The summed E-state index contributed by atoms with van der Waals surface area (Å²) in [4.78, 5) is 0. The Balaban J connectivity index is 2.62. The lowest BCUT2D eigenvalue weighted by Gasteiger charge is -2.14. The Bertz CT molecular complexity index is 346. The quantitative estimate of drug-likeness (QED) is 0.735. The summed E-state index contributed by atoms with van der Waals surface area (Å²) in [6, 6.07) is 5.87. The van der Waals surface area contributed by atoms with E-state index in [0.29, 0.717) is 0 Å². The van der Waals surface area contributed by atoms with Crippen LogP contribution in [0, 0.1) is 5.92 Å². The molecule has 1 aromatic rings. The topological polar surface area (TPSA) is 9.23 Å². The van der Waals surface area contributed by atoms with Crippen molar-refractivity contribution in [1.29, 1.82) is 0 Å². The summed E-state index contributed by atoms with van der Waals surface area (Å²) in [5.41, 5.74) is 0.944. The lowest BCUT2D eigenvalue weighted by molar-refractivity contribution is -0.274. The molecule has 5 heteroatoms. The van der Waals surface area contributed by atoms with Crippen molar-refractivity contribution in [3.05, 3.63) is 29.8 Å². The van der Waals surface area contributed by atoms with E-state index in [2.05, 4.69) is 4.74 Å². The Morgan fingerprint density at radius 1 is 1.18 bits per heavy atom. The first kappa shape index (κ1) is 14.2. The zero-order valence-electron chi connectivity index (χ0n) is 9.59. The summed E-state index contributed by atoms with van der Waals surface area (Å²) in [6.07, 6.45) is -3.91. The number of ether oxygens (including phenoxy) is 1. The molecule has 96 valence electrons. The molecule has 0 aromatic heterocycles. The van der Waals surface area contributed by atoms with Crippen LogP contribution < -0.4 is 4.74 Å². The molecule has 0 amide bonds. The van der Waals surface area contributed by atoms with Crippen LogP contribution in [-0.2, 0) is 6.42 Å². The SMILES string of the molecule is CC(Cl)C(C)Cc1ccc(OC(F)(F)F)cc1. The van der Waals surface area contributed by atoms with Gasteiger partial charge in [0.15, 0.2) is 0 Å². The van der Waals surface area contributed by atoms with E-state index in [-0.39, 0.29) is 17.0 Å². The van der Waals surface area contributed by atoms with Crippen LogP contribution in [0.4, 0.5) is 13.2 Å². The fourth-order valence-electron chi connectivity index (χ4n) is 1.36. The lowest BCUT2D eigenvalue weighted by atomic mass is 9.98. The van der Waals surface area contributed by atoms with Crippen LogP contribution in [0.5, 0.6) is 5.75 Å². The van der Waals surface area contributed by atoms with E-state index in [1.807, 2.05) is 13.8 Å². The zero-order chi connectivity index (χ0) is 13.1. The molecule has 0 heterocycles. The molecule has 1 rings (SSSR count). The van der Waals surface area contributed by atoms with Gasteiger partial charge in [0.1, 0.15) is 5.75 Å². The second-order valence-electron chi connectivity index (χ2n) is 4.05. The predicted molar refractivity (Wildman–Crippen MR) is 61.3 cm³/mol. The van der Waals surface area contributed by atoms with Gasteiger partial charge in [0, 0.05) is 5.38 Å². The number of rotatable bonds is 4. The first-order valence-corrected chi connectivity index (χ1v) is 5.70. The van der Waals surface area contributed by atoms with Crippen molar-refractivity contribution in [3.63, 3.8) is 0 Å². The molecule has 0 aliphatic heterocycles. The monoisotopic (exact) mass is 266 g/mol. The van der Waals surface area contributed by atoms with Gasteiger partial charge in [-0.05, 0) is 37.0 Å². The average Bonchev–Trinajstić information content (AvgIpc) is 2.18. The van der Waals surface area contributed by atoms with Crippen molar-refractivity contribution in [2.75, 3.05) is 0 Å². The van der Waals surface area contributed by atoms with Crippen molar-refractivity contribution in [2.45, 2.75) is 32.0 Å². The molecule has 0 spiro atoms. The highest BCUT2D eigenvalue weighted by Gasteiger charge is 2.30. The largest absolute Gasteiger partial charge is 0.573 e. The van der Waals surface area contributed by atoms with Crippen molar-refractivity contribution in [1.82, 2.24) is 0 Å². The third-order valence-electron chi connectivity index (χ3n) is 2.50. The number of alkyl halides is 4. The van der Waals surface area contributed by atoms with Crippen molar-refractivity contribution < 1.29 is 17.9 Å². The average molecular weight is 267 g/mol. The van der Waals surface area contributed by atoms with Gasteiger partial charge in [0.25, 0.3) is 0 Å². The smallest absolute Gasteiger partial charge is 0.406 e. The van der Waals surface area contributed by atoms with E-state index in [1.54, 1.807) is 12.1 Å². The van der Waals surface area contributed by atoms with Crippen molar-refractivity contribution in [3.8, 4) is 5.75 Å². The normalized spacial score (nSPS) is 15.4. The fraction of sp³-hybridized carbons (Fsp3) is 0.500. The molecular formula is C12H14ClF3O. The Morgan fingerprint density at radius 3 is 2.12 bits per heavy atom. The van der Waals surface area contributed by atoms with Crippen LogP contribution in [0.2, 0.25) is 0 Å². The van der Waals surface area contributed by atoms with Crippen molar-refractivity contribution >= 4 is 11.6 Å². The van der Waals surface area contributed by atoms with Gasteiger partial charge in [-0.15, -0.1) is 24.8 Å². The summed E-state index contributed by atoms with van der Waals surface area (Å²) >= 11 is 5.92. The minimum Gasteiger partial charge on any atom is -0.406 e. The molecule has 0 aliphatic rings. The lowest BCUT2D eigenvalue weighted by Crippen LogP contribution is -2.17. The molecule has 0 bridgehead atoms. The molecule has 2 atom stereocenters. The van der Waals surface area contributed by atoms with E-state index in [1.165, 1.54) is 12.1 Å². The van der Waals surface area contributed by atoms with Crippen LogP contribution in [0.15, 0.2) is 24.3 Å². The first-order valence-electron chi connectivity index (χ1n) is 5.26. The third-order valence-corrected chi connectivity index (χ3v) is 2.93. The maximum Gasteiger partial charge on any atom is 0.573 e. The van der Waals surface area contributed by atoms with Gasteiger partial charge in [0.2, 0.25) is 0 Å². The molecule has 0 saturated carbocycles. The first-order chi connectivity index (χ1) is 7.78. The molecular weight excluding hydrogens is 253 g/mol. The number of hydrogen-bond acceptors (Lipinski definition) is 1. The molecule has 0 N–H and O–H groups in total. The van der Waals surface area contributed by atoms with Crippen LogP contribution >= 0.6 is 11.6 Å². The van der Waals surface area contributed by atoms with Gasteiger partial charge in [-0.25, -0.2) is 0 Å². The van der Waals surface area contributed by atoms with Gasteiger partial charge >= 0.3 is 6.36 Å². The summed E-state index contributed by atoms with van der Waals surface area (Å²) in [7, 11) is 0. The Labute approximate surface area is 104 Å². The standard InChI is InChI=1S/C12H14ClF3O/c1-8(9(2)13)7-10-3-5-11(6-4-10)17-12(14,15)16/h3-6,8-9H,7H2,1-2H3. The van der Waals surface area contributed by atoms with Gasteiger partial charge in [-0.3, -0.25) is 0 Å². The summed E-state index contributed by atoms with van der Waals surface area (Å²) in [5, 5.41) is 0.0288. The number of hydrogen-bond donors (Lipinski definition) is 0. The highest BCUT2D eigenvalue weighted by Crippen LogP contribution is 2.24. The molecule has 0 fully saturated rings. The van der Waals surface area contributed by atoms with Gasteiger partial charge < -0.3 is 4.74 Å². The predicted octanol–water partition coefficient (Wildman–Crippen LogP) is 4.39. The van der Waals surface area contributed by atoms with Gasteiger partial charge in [0.05, 0.1) is 0 Å². The third kappa shape index (κ3) is 5.31. The van der Waals surface area contributed by atoms with Crippen LogP contribution in [0.3, 0.4) is 0 Å². The van der Waals surface area contributed by atoms with Crippen LogP contribution in [-0.4, -0.2) is 11.7 Å². The number of benzene rings is 1. The van der Waals surface area contributed by atoms with Crippen LogP contribution in [0.25, 0.3) is 0 Å². The van der Waals surface area contributed by atoms with Gasteiger partial charge in [-0.1, -0.05) is 19.1 Å². The van der Waals surface area contributed by atoms with Crippen molar-refractivity contribution in [2.24, 2.45) is 5.92 Å².